The van der Waals surface area contributed by atoms with Crippen LogP contribution >= 0.6 is 0 Å². The summed E-state index contributed by atoms with van der Waals surface area (Å²) in [6.45, 7) is 4.32. The zero-order chi connectivity index (χ0) is 12.4. The van der Waals surface area contributed by atoms with Crippen LogP contribution in [0.2, 0.25) is 0 Å². The molecule has 0 amide bonds. The molecular weight excluding hydrogens is 214 g/mol. The molecule has 0 fully saturated rings. The zero-order valence-electron chi connectivity index (χ0n) is 10.7. The van der Waals surface area contributed by atoms with Gasteiger partial charge >= 0.3 is 0 Å². The minimum Gasteiger partial charge on any atom is -0.496 e. The van der Waals surface area contributed by atoms with E-state index in [9.17, 15) is 0 Å². The highest BCUT2D eigenvalue weighted by Crippen LogP contribution is 2.33. The number of benzene rings is 1. The lowest BCUT2D eigenvalue weighted by Crippen LogP contribution is -2.13. The summed E-state index contributed by atoms with van der Waals surface area (Å²) in [4.78, 5) is 0. The largest absolute Gasteiger partial charge is 0.496 e. The van der Waals surface area contributed by atoms with Crippen molar-refractivity contribution in [3.05, 3.63) is 28.8 Å². The predicted molar refractivity (Wildman–Crippen MR) is 68.3 cm³/mol. The summed E-state index contributed by atoms with van der Waals surface area (Å²) in [5.41, 5.74) is 4.32. The molecule has 92 valence electrons. The Bertz CT molecular complexity index is 450. The van der Waals surface area contributed by atoms with Crippen molar-refractivity contribution < 1.29 is 9.94 Å². The molecule has 3 heteroatoms. The van der Waals surface area contributed by atoms with Crippen molar-refractivity contribution in [1.82, 2.24) is 0 Å². The van der Waals surface area contributed by atoms with Gasteiger partial charge in [0.05, 0.1) is 12.8 Å². The zero-order valence-corrected chi connectivity index (χ0v) is 10.7. The fraction of sp³-hybridized carbons (Fsp3) is 0.500. The van der Waals surface area contributed by atoms with Crippen LogP contribution in [-0.4, -0.2) is 18.0 Å². The van der Waals surface area contributed by atoms with Gasteiger partial charge < -0.3 is 9.94 Å². The molecule has 17 heavy (non-hydrogen) atoms. The average Bonchev–Trinajstić information content (AvgIpc) is 2.36. The van der Waals surface area contributed by atoms with Crippen LogP contribution in [0.1, 0.15) is 49.3 Å². The highest BCUT2D eigenvalue weighted by Gasteiger charge is 2.20. The third-order valence-corrected chi connectivity index (χ3v) is 3.37. The summed E-state index contributed by atoms with van der Waals surface area (Å²) in [7, 11) is 1.69. The Kier molecular flexibility index (Phi) is 3.36. The summed E-state index contributed by atoms with van der Waals surface area (Å²) in [6, 6.07) is 4.21. The van der Waals surface area contributed by atoms with Crippen molar-refractivity contribution in [1.29, 1.82) is 0 Å². The maximum absolute atomic E-state index is 9.03. The molecule has 1 N–H and O–H groups in total. The van der Waals surface area contributed by atoms with Crippen LogP contribution in [0.4, 0.5) is 0 Å². The summed E-state index contributed by atoms with van der Waals surface area (Å²) in [5, 5.41) is 12.4. The number of methoxy groups -OCH3 is 1. The van der Waals surface area contributed by atoms with E-state index in [0.29, 0.717) is 5.92 Å². The molecule has 0 heterocycles. The molecule has 0 bridgehead atoms. The molecule has 0 radical (unpaired) electrons. The van der Waals surface area contributed by atoms with Gasteiger partial charge in [0.2, 0.25) is 0 Å². The summed E-state index contributed by atoms with van der Waals surface area (Å²) in [6.07, 6.45) is 2.95. The van der Waals surface area contributed by atoms with E-state index in [-0.39, 0.29) is 0 Å². The number of fused-ring (bicyclic) bond motifs is 1. The predicted octanol–water partition coefficient (Wildman–Crippen LogP) is 3.33. The number of rotatable bonds is 2. The fourth-order valence-electron chi connectivity index (χ4n) is 2.43. The van der Waals surface area contributed by atoms with E-state index in [1.54, 1.807) is 7.11 Å². The van der Waals surface area contributed by atoms with Crippen molar-refractivity contribution in [2.75, 3.05) is 7.11 Å². The van der Waals surface area contributed by atoms with Crippen molar-refractivity contribution >= 4 is 5.71 Å². The van der Waals surface area contributed by atoms with Gasteiger partial charge in [-0.3, -0.25) is 0 Å². The number of ether oxygens (including phenoxy) is 1. The Morgan fingerprint density at radius 1 is 1.29 bits per heavy atom. The minimum atomic E-state index is 0.437. The first kappa shape index (κ1) is 12.0. The lowest BCUT2D eigenvalue weighted by molar-refractivity contribution is 0.317. The lowest BCUT2D eigenvalue weighted by Gasteiger charge is -2.21. The maximum atomic E-state index is 9.03. The smallest absolute Gasteiger partial charge is 0.122 e. The quantitative estimate of drug-likeness (QED) is 0.629. The maximum Gasteiger partial charge on any atom is 0.122 e. The van der Waals surface area contributed by atoms with E-state index in [1.807, 2.05) is 6.07 Å². The number of oxime groups is 1. The van der Waals surface area contributed by atoms with Crippen molar-refractivity contribution in [2.24, 2.45) is 5.16 Å². The van der Waals surface area contributed by atoms with Crippen LogP contribution < -0.4 is 4.74 Å². The van der Waals surface area contributed by atoms with E-state index >= 15 is 0 Å². The Morgan fingerprint density at radius 3 is 2.65 bits per heavy atom. The lowest BCUT2D eigenvalue weighted by atomic mass is 9.86. The van der Waals surface area contributed by atoms with Gasteiger partial charge in [0.1, 0.15) is 5.75 Å². The van der Waals surface area contributed by atoms with Crippen molar-refractivity contribution in [2.45, 2.75) is 39.0 Å². The van der Waals surface area contributed by atoms with Crippen LogP contribution in [0.15, 0.2) is 17.3 Å². The molecule has 0 aliphatic heterocycles. The Hall–Kier alpha value is -1.51. The fourth-order valence-corrected chi connectivity index (χ4v) is 2.43. The number of nitrogens with zero attached hydrogens (tertiary/aromatic N) is 1. The molecule has 0 aromatic heterocycles. The van der Waals surface area contributed by atoms with Crippen LogP contribution in [0.25, 0.3) is 0 Å². The van der Waals surface area contributed by atoms with Crippen molar-refractivity contribution in [3.63, 3.8) is 0 Å². The van der Waals surface area contributed by atoms with Crippen LogP contribution in [0, 0.1) is 0 Å². The van der Waals surface area contributed by atoms with Gasteiger partial charge in [-0.2, -0.15) is 0 Å². The number of hydrogen-bond donors (Lipinski definition) is 1. The molecule has 0 saturated heterocycles. The normalized spacial score (nSPS) is 17.3. The standard InChI is InChI=1S/C14H19NO2/c1-9(2)11-7-10-5-4-6-13(15-16)12(10)8-14(11)17-3/h7-9,16H,4-6H2,1-3H3. The second-order valence-corrected chi connectivity index (χ2v) is 4.81. The first-order valence-electron chi connectivity index (χ1n) is 6.09. The molecule has 3 nitrogen and oxygen atoms in total. The third-order valence-electron chi connectivity index (χ3n) is 3.37. The number of hydrogen-bond acceptors (Lipinski definition) is 3. The number of aryl methyl sites for hydroxylation is 1. The highest BCUT2D eigenvalue weighted by molar-refractivity contribution is 6.02. The monoisotopic (exact) mass is 233 g/mol. The van der Waals surface area contributed by atoms with Crippen molar-refractivity contribution in [3.8, 4) is 5.75 Å². The first-order valence-corrected chi connectivity index (χ1v) is 6.09. The minimum absolute atomic E-state index is 0.437. The SMILES string of the molecule is COc1cc2c(cc1C(C)C)CCCC2=NO. The molecule has 1 aliphatic rings. The molecule has 0 atom stereocenters. The van der Waals surface area contributed by atoms with Gasteiger partial charge in [-0.05, 0) is 42.4 Å². The molecule has 0 unspecified atom stereocenters. The van der Waals surface area contributed by atoms with Crippen LogP contribution in [0.5, 0.6) is 5.75 Å². The first-order chi connectivity index (χ1) is 8.17. The molecule has 1 aliphatic carbocycles. The van der Waals surface area contributed by atoms with Gasteiger partial charge in [-0.1, -0.05) is 25.1 Å². The van der Waals surface area contributed by atoms with Crippen LogP contribution in [-0.2, 0) is 6.42 Å². The van der Waals surface area contributed by atoms with E-state index < -0.39 is 0 Å². The van der Waals surface area contributed by atoms with Gasteiger partial charge in [-0.15, -0.1) is 0 Å². The Morgan fingerprint density at radius 2 is 2.06 bits per heavy atom. The second-order valence-electron chi connectivity index (χ2n) is 4.81. The summed E-state index contributed by atoms with van der Waals surface area (Å²) in [5.74, 6) is 1.33. The summed E-state index contributed by atoms with van der Waals surface area (Å²) < 4.78 is 5.43. The second kappa shape index (κ2) is 4.78. The van der Waals surface area contributed by atoms with Gasteiger partial charge in [0.25, 0.3) is 0 Å². The van der Waals surface area contributed by atoms with Gasteiger partial charge in [0, 0.05) is 5.56 Å². The van der Waals surface area contributed by atoms with E-state index in [1.165, 1.54) is 11.1 Å². The third kappa shape index (κ3) is 2.14. The van der Waals surface area contributed by atoms with Gasteiger partial charge in [-0.25, -0.2) is 0 Å². The van der Waals surface area contributed by atoms with Gasteiger partial charge in [0.15, 0.2) is 0 Å². The summed E-state index contributed by atoms with van der Waals surface area (Å²) >= 11 is 0. The Labute approximate surface area is 102 Å². The van der Waals surface area contributed by atoms with E-state index in [4.69, 9.17) is 9.94 Å². The molecule has 1 aromatic carbocycles. The average molecular weight is 233 g/mol. The molecule has 2 rings (SSSR count). The van der Waals surface area contributed by atoms with E-state index in [0.717, 1.165) is 36.3 Å². The molecule has 1 aromatic rings. The molecule has 0 spiro atoms. The molecular formula is C14H19NO2. The highest BCUT2D eigenvalue weighted by atomic mass is 16.5. The van der Waals surface area contributed by atoms with E-state index in [2.05, 4.69) is 25.1 Å². The topological polar surface area (TPSA) is 41.8 Å². The molecule has 0 saturated carbocycles. The van der Waals surface area contributed by atoms with Crippen LogP contribution in [0.3, 0.4) is 0 Å². The Balaban J connectivity index is 2.57.